The van der Waals surface area contributed by atoms with Gasteiger partial charge in [0.25, 0.3) is 5.91 Å². The van der Waals surface area contributed by atoms with Crippen LogP contribution in [-0.4, -0.2) is 42.3 Å². The van der Waals surface area contributed by atoms with Crippen LogP contribution in [0.25, 0.3) is 22.4 Å². The molecule has 162 valence electrons. The number of thiazole rings is 1. The second kappa shape index (κ2) is 9.64. The number of anilines is 1. The SMILES string of the molecule is O=C(CNC(=O)c1cccc(S(=O)O)c1)Nc1nc(-c2cccc(-c3cn[nH]c3)c2)cs1. The molecule has 0 saturated heterocycles. The molecule has 0 aliphatic carbocycles. The normalized spacial score (nSPS) is 11.7. The molecule has 1 unspecified atom stereocenters. The molecule has 11 heteroatoms. The number of nitrogens with zero attached hydrogens (tertiary/aromatic N) is 2. The first kappa shape index (κ1) is 21.6. The van der Waals surface area contributed by atoms with Gasteiger partial charge in [0, 0.05) is 28.3 Å². The first-order valence-electron chi connectivity index (χ1n) is 9.34. The smallest absolute Gasteiger partial charge is 0.251 e. The molecule has 32 heavy (non-hydrogen) atoms. The Morgan fingerprint density at radius 2 is 1.91 bits per heavy atom. The molecular weight excluding hydrogens is 450 g/mol. The van der Waals surface area contributed by atoms with Crippen molar-refractivity contribution in [2.75, 3.05) is 11.9 Å². The molecule has 0 radical (unpaired) electrons. The molecule has 4 rings (SSSR count). The molecule has 9 nitrogen and oxygen atoms in total. The van der Waals surface area contributed by atoms with Crippen LogP contribution < -0.4 is 10.6 Å². The number of hydrogen-bond donors (Lipinski definition) is 4. The molecule has 2 aromatic heterocycles. The van der Waals surface area contributed by atoms with Crippen molar-refractivity contribution < 1.29 is 18.4 Å². The molecule has 2 aromatic carbocycles. The number of benzene rings is 2. The van der Waals surface area contributed by atoms with Gasteiger partial charge < -0.3 is 15.2 Å². The summed E-state index contributed by atoms with van der Waals surface area (Å²) in [5, 5.41) is 14.1. The van der Waals surface area contributed by atoms with Crippen molar-refractivity contribution in [2.45, 2.75) is 4.90 Å². The van der Waals surface area contributed by atoms with Gasteiger partial charge in [-0.2, -0.15) is 5.10 Å². The summed E-state index contributed by atoms with van der Waals surface area (Å²) in [6, 6.07) is 13.5. The minimum absolute atomic E-state index is 0.106. The molecule has 4 N–H and O–H groups in total. The van der Waals surface area contributed by atoms with Gasteiger partial charge in [-0.1, -0.05) is 24.3 Å². The summed E-state index contributed by atoms with van der Waals surface area (Å²) in [5.74, 6) is -0.961. The van der Waals surface area contributed by atoms with Crippen molar-refractivity contribution in [3.63, 3.8) is 0 Å². The number of aromatic nitrogens is 3. The van der Waals surface area contributed by atoms with E-state index < -0.39 is 22.9 Å². The van der Waals surface area contributed by atoms with E-state index in [1.807, 2.05) is 29.6 Å². The molecule has 0 saturated carbocycles. The number of amides is 2. The second-order valence-electron chi connectivity index (χ2n) is 6.61. The highest BCUT2D eigenvalue weighted by atomic mass is 32.2. The van der Waals surface area contributed by atoms with Crippen molar-refractivity contribution in [2.24, 2.45) is 0 Å². The standard InChI is InChI=1S/C21H17N5O4S2/c27-19(11-22-20(28)15-5-2-6-17(8-15)32(29)30)26-21-25-18(12-31-21)14-4-1-3-13(7-14)16-9-23-24-10-16/h1-10,12H,11H2,(H,22,28)(H,23,24)(H,29,30)(H,25,26,27). The quantitative estimate of drug-likeness (QED) is 0.308. The second-order valence-corrected chi connectivity index (χ2v) is 8.44. The van der Waals surface area contributed by atoms with Crippen LogP contribution in [0, 0.1) is 0 Å². The number of hydrogen-bond acceptors (Lipinski definition) is 6. The first-order chi connectivity index (χ1) is 15.5. The van der Waals surface area contributed by atoms with Gasteiger partial charge in [0.05, 0.1) is 23.3 Å². The number of aromatic amines is 1. The van der Waals surface area contributed by atoms with Crippen molar-refractivity contribution in [3.05, 3.63) is 71.9 Å². The number of nitrogens with one attached hydrogen (secondary N) is 3. The van der Waals surface area contributed by atoms with Gasteiger partial charge in [0.15, 0.2) is 16.2 Å². The average molecular weight is 468 g/mol. The Morgan fingerprint density at radius 1 is 1.09 bits per heavy atom. The van der Waals surface area contributed by atoms with Crippen LogP contribution in [0.1, 0.15) is 10.4 Å². The van der Waals surface area contributed by atoms with E-state index in [-0.39, 0.29) is 17.0 Å². The number of rotatable bonds is 7. The van der Waals surface area contributed by atoms with Crippen LogP contribution in [0.5, 0.6) is 0 Å². The fraction of sp³-hybridized carbons (Fsp3) is 0.0476. The maximum atomic E-state index is 12.2. The number of carbonyl (C=O) groups excluding carboxylic acids is 2. The molecule has 0 aliphatic heterocycles. The predicted octanol–water partition coefficient (Wildman–Crippen LogP) is 3.15. The summed E-state index contributed by atoms with van der Waals surface area (Å²) in [6.07, 6.45) is 3.54. The van der Waals surface area contributed by atoms with E-state index in [9.17, 15) is 13.8 Å². The first-order valence-corrected chi connectivity index (χ1v) is 11.3. The lowest BCUT2D eigenvalue weighted by Gasteiger charge is -2.06. The highest BCUT2D eigenvalue weighted by Gasteiger charge is 2.12. The van der Waals surface area contributed by atoms with Crippen molar-refractivity contribution in [1.82, 2.24) is 20.5 Å². The van der Waals surface area contributed by atoms with E-state index >= 15 is 0 Å². The maximum Gasteiger partial charge on any atom is 0.251 e. The summed E-state index contributed by atoms with van der Waals surface area (Å²) in [4.78, 5) is 29.0. The molecule has 0 bridgehead atoms. The monoisotopic (exact) mass is 467 g/mol. The lowest BCUT2D eigenvalue weighted by molar-refractivity contribution is -0.115. The lowest BCUT2D eigenvalue weighted by atomic mass is 10.1. The molecular formula is C21H17N5O4S2. The summed E-state index contributed by atoms with van der Waals surface area (Å²) in [6.45, 7) is -0.268. The van der Waals surface area contributed by atoms with Crippen LogP contribution >= 0.6 is 11.3 Å². The van der Waals surface area contributed by atoms with Crippen molar-refractivity contribution >= 4 is 39.4 Å². The van der Waals surface area contributed by atoms with Gasteiger partial charge in [0.1, 0.15) is 0 Å². The summed E-state index contributed by atoms with van der Waals surface area (Å²) in [7, 11) is 0. The molecule has 2 heterocycles. The Balaban J connectivity index is 1.36. The van der Waals surface area contributed by atoms with Gasteiger partial charge >= 0.3 is 0 Å². The van der Waals surface area contributed by atoms with E-state index in [0.717, 1.165) is 16.7 Å². The zero-order valence-electron chi connectivity index (χ0n) is 16.4. The Morgan fingerprint density at radius 3 is 2.69 bits per heavy atom. The zero-order valence-corrected chi connectivity index (χ0v) is 18.1. The Hall–Kier alpha value is -3.67. The van der Waals surface area contributed by atoms with E-state index in [1.165, 1.54) is 35.6 Å². The highest BCUT2D eigenvalue weighted by molar-refractivity contribution is 7.79. The molecule has 4 aromatic rings. The number of carbonyl (C=O) groups is 2. The third-order valence-corrected chi connectivity index (χ3v) is 5.86. The number of H-pyrrole nitrogens is 1. The van der Waals surface area contributed by atoms with Crippen LogP contribution in [0.4, 0.5) is 5.13 Å². The summed E-state index contributed by atoms with van der Waals surface area (Å²) in [5.41, 5.74) is 3.75. The Labute approximate surface area is 189 Å². The van der Waals surface area contributed by atoms with Gasteiger partial charge in [-0.15, -0.1) is 11.3 Å². The zero-order chi connectivity index (χ0) is 22.5. The molecule has 0 aliphatic rings. The minimum Gasteiger partial charge on any atom is -0.343 e. The van der Waals surface area contributed by atoms with Crippen molar-refractivity contribution in [1.29, 1.82) is 0 Å². The lowest BCUT2D eigenvalue weighted by Crippen LogP contribution is -2.32. The molecule has 1 atom stereocenters. The van der Waals surface area contributed by atoms with Gasteiger partial charge in [-0.3, -0.25) is 14.7 Å². The topological polar surface area (TPSA) is 137 Å². The molecule has 2 amide bonds. The van der Waals surface area contributed by atoms with Crippen LogP contribution in [-0.2, 0) is 15.9 Å². The van der Waals surface area contributed by atoms with Gasteiger partial charge in [-0.25, -0.2) is 9.19 Å². The van der Waals surface area contributed by atoms with E-state index in [0.29, 0.717) is 10.8 Å². The minimum atomic E-state index is -2.19. The van der Waals surface area contributed by atoms with Gasteiger partial charge in [-0.05, 0) is 29.8 Å². The van der Waals surface area contributed by atoms with Crippen LogP contribution in [0.3, 0.4) is 0 Å². The summed E-state index contributed by atoms with van der Waals surface area (Å²) >= 11 is -0.914. The average Bonchev–Trinajstić information content (AvgIpc) is 3.50. The third kappa shape index (κ3) is 5.14. The van der Waals surface area contributed by atoms with E-state index in [1.54, 1.807) is 12.4 Å². The maximum absolute atomic E-state index is 12.2. The highest BCUT2D eigenvalue weighted by Crippen LogP contribution is 2.28. The molecule has 0 fully saturated rings. The van der Waals surface area contributed by atoms with Crippen LogP contribution in [0.15, 0.2) is 71.2 Å². The Bertz CT molecular complexity index is 1290. The largest absolute Gasteiger partial charge is 0.343 e. The van der Waals surface area contributed by atoms with Gasteiger partial charge in [0.2, 0.25) is 5.91 Å². The van der Waals surface area contributed by atoms with E-state index in [4.69, 9.17) is 4.55 Å². The Kier molecular flexibility index (Phi) is 6.50. The van der Waals surface area contributed by atoms with Crippen LogP contribution in [0.2, 0.25) is 0 Å². The third-order valence-electron chi connectivity index (χ3n) is 4.45. The fourth-order valence-electron chi connectivity index (χ4n) is 2.90. The van der Waals surface area contributed by atoms with E-state index in [2.05, 4.69) is 25.8 Å². The predicted molar refractivity (Wildman–Crippen MR) is 122 cm³/mol. The summed E-state index contributed by atoms with van der Waals surface area (Å²) < 4.78 is 20.3. The van der Waals surface area contributed by atoms with Crippen molar-refractivity contribution in [3.8, 4) is 22.4 Å². The molecule has 0 spiro atoms. The fourth-order valence-corrected chi connectivity index (χ4v) is 4.06.